The third-order valence-corrected chi connectivity index (χ3v) is 7.29. The van der Waals surface area contributed by atoms with Crippen LogP contribution in [0, 0.1) is 0 Å². The molecule has 2 N–H and O–H groups in total. The van der Waals surface area contributed by atoms with Crippen molar-refractivity contribution in [2.45, 2.75) is 23.4 Å². The first-order chi connectivity index (χ1) is 15.5. The normalized spacial score (nSPS) is 26.1. The summed E-state index contributed by atoms with van der Waals surface area (Å²) in [5, 5.41) is 7.12. The van der Waals surface area contributed by atoms with Gasteiger partial charge in [-0.25, -0.2) is 0 Å². The average molecular weight is 512 g/mol. The molecule has 2 aliphatic heterocycles. The van der Waals surface area contributed by atoms with E-state index >= 15 is 0 Å². The molecule has 0 bridgehead atoms. The number of esters is 1. The Morgan fingerprint density at radius 2 is 1.66 bits per heavy atom. The molecule has 0 aliphatic carbocycles. The first-order valence-electron chi connectivity index (χ1n) is 10.2. The number of carbonyl (C=O) groups excluding carboxylic acids is 2. The number of amides is 1. The molecule has 1 spiro atoms. The Kier molecular flexibility index (Phi) is 5.32. The van der Waals surface area contributed by atoms with Gasteiger partial charge in [0.05, 0.1) is 13.2 Å². The van der Waals surface area contributed by atoms with Gasteiger partial charge in [-0.1, -0.05) is 70.0 Å². The van der Waals surface area contributed by atoms with Gasteiger partial charge in [-0.15, -0.1) is 0 Å². The molecule has 5 nitrogen and oxygen atoms in total. The van der Waals surface area contributed by atoms with Gasteiger partial charge in [0.1, 0.15) is 11.5 Å². The van der Waals surface area contributed by atoms with Crippen LogP contribution >= 0.6 is 27.5 Å². The molecular formula is C25H20BrClN2O3. The lowest BCUT2D eigenvalue weighted by Gasteiger charge is -2.35. The molecule has 3 aromatic rings. The van der Waals surface area contributed by atoms with Crippen molar-refractivity contribution in [1.82, 2.24) is 5.32 Å². The van der Waals surface area contributed by atoms with Crippen molar-refractivity contribution in [2.24, 2.45) is 0 Å². The van der Waals surface area contributed by atoms with Crippen molar-refractivity contribution in [3.8, 4) is 0 Å². The second-order valence-electron chi connectivity index (χ2n) is 8.05. The van der Waals surface area contributed by atoms with Crippen LogP contribution in [-0.4, -0.2) is 25.0 Å². The highest BCUT2D eigenvalue weighted by Crippen LogP contribution is 2.59. The number of halogens is 2. The van der Waals surface area contributed by atoms with Gasteiger partial charge < -0.3 is 10.1 Å². The summed E-state index contributed by atoms with van der Waals surface area (Å²) >= 11 is 9.62. The van der Waals surface area contributed by atoms with Crippen molar-refractivity contribution >= 4 is 45.1 Å². The molecule has 0 unspecified atom stereocenters. The van der Waals surface area contributed by atoms with Crippen molar-refractivity contribution in [1.29, 1.82) is 0 Å². The summed E-state index contributed by atoms with van der Waals surface area (Å²) in [6.07, 6.45) is 0. The molecule has 0 radical (unpaired) electrons. The van der Waals surface area contributed by atoms with Crippen LogP contribution in [-0.2, 0) is 19.7 Å². The molecule has 32 heavy (non-hydrogen) atoms. The molecule has 162 valence electrons. The zero-order valence-corrected chi connectivity index (χ0v) is 19.5. The van der Waals surface area contributed by atoms with E-state index in [2.05, 4.69) is 26.6 Å². The number of carbonyl (C=O) groups is 2. The maximum Gasteiger partial charge on any atom is 0.323 e. The van der Waals surface area contributed by atoms with Crippen molar-refractivity contribution in [2.75, 3.05) is 12.4 Å². The van der Waals surface area contributed by atoms with E-state index in [9.17, 15) is 9.59 Å². The second kappa shape index (κ2) is 8.03. The van der Waals surface area contributed by atoms with E-state index < -0.39 is 29.4 Å². The van der Waals surface area contributed by atoms with Crippen LogP contribution in [0.25, 0.3) is 0 Å². The molecule has 4 atom stereocenters. The van der Waals surface area contributed by atoms with Crippen LogP contribution in [0.3, 0.4) is 0 Å². The lowest BCUT2D eigenvalue weighted by atomic mass is 9.63. The number of ether oxygens (including phenoxy) is 1. The molecule has 7 heteroatoms. The van der Waals surface area contributed by atoms with Gasteiger partial charge in [0, 0.05) is 21.1 Å². The summed E-state index contributed by atoms with van der Waals surface area (Å²) in [5.41, 5.74) is 2.30. The molecule has 2 aliphatic rings. The Morgan fingerprint density at radius 1 is 1.00 bits per heavy atom. The van der Waals surface area contributed by atoms with E-state index in [4.69, 9.17) is 16.3 Å². The van der Waals surface area contributed by atoms with Gasteiger partial charge in [0.25, 0.3) is 0 Å². The smallest absolute Gasteiger partial charge is 0.323 e. The predicted octanol–water partition coefficient (Wildman–Crippen LogP) is 4.96. The van der Waals surface area contributed by atoms with E-state index in [-0.39, 0.29) is 5.91 Å². The maximum atomic E-state index is 13.9. The van der Waals surface area contributed by atoms with Gasteiger partial charge in [-0.3, -0.25) is 14.9 Å². The van der Waals surface area contributed by atoms with Crippen molar-refractivity contribution < 1.29 is 14.3 Å². The maximum absolute atomic E-state index is 13.9. The Balaban J connectivity index is 1.80. The largest absolute Gasteiger partial charge is 0.468 e. The van der Waals surface area contributed by atoms with Gasteiger partial charge in [-0.2, -0.15) is 0 Å². The van der Waals surface area contributed by atoms with E-state index in [1.165, 1.54) is 7.11 Å². The van der Waals surface area contributed by atoms with Crippen LogP contribution < -0.4 is 10.6 Å². The number of para-hydroxylation sites is 1. The molecule has 3 aromatic carbocycles. The number of methoxy groups -OCH3 is 1. The Labute approximate surface area is 199 Å². The SMILES string of the molecule is COC(=O)[C@@H]1N[C@H](c2ccc(Cl)cc2)[C@]2(C(=O)Nc3ccccc32)[C@H]1c1ccc(Br)cc1. The number of anilines is 1. The monoisotopic (exact) mass is 510 g/mol. The standard InChI is InChI=1S/C25H20BrClN2O3/c1-32-23(30)21-20(14-6-10-16(26)11-7-14)25(18-4-2-3-5-19(18)28-24(25)31)22(29-21)15-8-12-17(27)13-9-15/h2-13,20-22,29H,1H3,(H,28,31)/t20-,21+,22+,25+/m0/s1. The van der Waals surface area contributed by atoms with Gasteiger partial charge >= 0.3 is 5.97 Å². The van der Waals surface area contributed by atoms with Gasteiger partial charge in [0.15, 0.2) is 0 Å². The minimum Gasteiger partial charge on any atom is -0.468 e. The van der Waals surface area contributed by atoms with Crippen molar-refractivity contribution in [3.05, 3.63) is 99.0 Å². The minimum absolute atomic E-state index is 0.148. The number of benzene rings is 3. The number of fused-ring (bicyclic) bond motifs is 2. The summed E-state index contributed by atoms with van der Waals surface area (Å²) in [6.45, 7) is 0. The van der Waals surface area contributed by atoms with Crippen molar-refractivity contribution in [3.63, 3.8) is 0 Å². The summed E-state index contributed by atoms with van der Waals surface area (Å²) in [4.78, 5) is 26.9. The summed E-state index contributed by atoms with van der Waals surface area (Å²) in [5.74, 6) is -1.05. The van der Waals surface area contributed by atoms with Crippen LogP contribution in [0.4, 0.5) is 5.69 Å². The predicted molar refractivity (Wildman–Crippen MR) is 127 cm³/mol. The van der Waals surface area contributed by atoms with E-state index in [1.54, 1.807) is 12.1 Å². The van der Waals surface area contributed by atoms with Gasteiger partial charge in [0.2, 0.25) is 5.91 Å². The lowest BCUT2D eigenvalue weighted by molar-refractivity contribution is -0.143. The molecule has 0 saturated carbocycles. The fourth-order valence-corrected chi connectivity index (χ4v) is 5.61. The first kappa shape index (κ1) is 21.2. The molecule has 1 saturated heterocycles. The average Bonchev–Trinajstić information content (AvgIpc) is 3.31. The summed E-state index contributed by atoms with van der Waals surface area (Å²) < 4.78 is 6.09. The van der Waals surface area contributed by atoms with Crippen LogP contribution in [0.15, 0.2) is 77.3 Å². The molecule has 1 amide bonds. The Bertz CT molecular complexity index is 1200. The number of rotatable bonds is 3. The number of nitrogens with one attached hydrogen (secondary N) is 2. The number of hydrogen-bond donors (Lipinski definition) is 2. The topological polar surface area (TPSA) is 67.4 Å². The number of hydrogen-bond acceptors (Lipinski definition) is 4. The first-order valence-corrected chi connectivity index (χ1v) is 11.4. The Hall–Kier alpha value is -2.67. The molecular weight excluding hydrogens is 492 g/mol. The quantitative estimate of drug-likeness (QED) is 0.488. The highest BCUT2D eigenvalue weighted by Gasteiger charge is 2.66. The van der Waals surface area contributed by atoms with Gasteiger partial charge in [-0.05, 0) is 47.0 Å². The van der Waals surface area contributed by atoms with Crippen LogP contribution in [0.5, 0.6) is 0 Å². The van der Waals surface area contributed by atoms with Crippen LogP contribution in [0.2, 0.25) is 5.02 Å². The van der Waals surface area contributed by atoms with E-state index in [0.29, 0.717) is 5.02 Å². The summed E-state index contributed by atoms with van der Waals surface area (Å²) in [7, 11) is 1.37. The highest BCUT2D eigenvalue weighted by molar-refractivity contribution is 9.10. The zero-order valence-electron chi connectivity index (χ0n) is 17.1. The van der Waals surface area contributed by atoms with E-state index in [1.807, 2.05) is 60.7 Å². The van der Waals surface area contributed by atoms with Crippen LogP contribution in [0.1, 0.15) is 28.7 Å². The second-order valence-corrected chi connectivity index (χ2v) is 9.40. The highest BCUT2D eigenvalue weighted by atomic mass is 79.9. The zero-order chi connectivity index (χ0) is 22.5. The molecule has 0 aromatic heterocycles. The minimum atomic E-state index is -1.06. The Morgan fingerprint density at radius 3 is 2.34 bits per heavy atom. The summed E-state index contributed by atoms with van der Waals surface area (Å²) in [6, 6.07) is 21.6. The molecule has 1 fully saturated rings. The van der Waals surface area contributed by atoms with E-state index in [0.717, 1.165) is 26.9 Å². The molecule has 5 rings (SSSR count). The third kappa shape index (κ3) is 3.09. The third-order valence-electron chi connectivity index (χ3n) is 6.51. The molecule has 2 heterocycles. The fraction of sp³-hybridized carbons (Fsp3) is 0.200. The fourth-order valence-electron chi connectivity index (χ4n) is 5.22. The lowest BCUT2D eigenvalue weighted by Crippen LogP contribution is -2.44.